The predicted molar refractivity (Wildman–Crippen MR) is 90.8 cm³/mol. The smallest absolute Gasteiger partial charge is 0.273 e. The van der Waals surface area contributed by atoms with E-state index in [0.29, 0.717) is 12.2 Å². The highest BCUT2D eigenvalue weighted by Crippen LogP contribution is 2.09. The van der Waals surface area contributed by atoms with Crippen LogP contribution in [0.25, 0.3) is 0 Å². The van der Waals surface area contributed by atoms with Crippen LogP contribution in [-0.2, 0) is 6.54 Å². The van der Waals surface area contributed by atoms with E-state index in [1.807, 2.05) is 30.3 Å². The minimum atomic E-state index is -0.153. The first-order chi connectivity index (χ1) is 10.7. The van der Waals surface area contributed by atoms with Gasteiger partial charge in [0.2, 0.25) is 0 Å². The number of aromatic nitrogens is 3. The van der Waals surface area contributed by atoms with Gasteiger partial charge in [0.15, 0.2) is 5.69 Å². The van der Waals surface area contributed by atoms with Gasteiger partial charge in [-0.1, -0.05) is 35.5 Å². The van der Waals surface area contributed by atoms with E-state index in [2.05, 4.69) is 27.9 Å². The minimum Gasteiger partial charge on any atom is -0.346 e. The number of piperidine rings is 1. The summed E-state index contributed by atoms with van der Waals surface area (Å²) in [5, 5.41) is 14.4. The Kier molecular flexibility index (Phi) is 6.12. The number of carbonyl (C=O) groups excluding carboxylic acids is 1. The highest BCUT2D eigenvalue weighted by atomic mass is 35.5. The van der Waals surface area contributed by atoms with Crippen molar-refractivity contribution in [2.24, 2.45) is 0 Å². The first kappa shape index (κ1) is 17.4. The van der Waals surface area contributed by atoms with Crippen molar-refractivity contribution in [1.82, 2.24) is 25.6 Å². The summed E-state index contributed by atoms with van der Waals surface area (Å²) in [6.07, 6.45) is 3.78. The van der Waals surface area contributed by atoms with E-state index in [0.717, 1.165) is 24.9 Å². The summed E-state index contributed by atoms with van der Waals surface area (Å²) in [6.45, 7) is 3.72. The zero-order valence-corrected chi connectivity index (χ0v) is 13.9. The molecule has 1 aliphatic heterocycles. The van der Waals surface area contributed by atoms with Crippen LogP contribution in [0, 0.1) is 0 Å². The molecule has 1 amide bonds. The summed E-state index contributed by atoms with van der Waals surface area (Å²) >= 11 is 0. The van der Waals surface area contributed by atoms with Crippen LogP contribution in [0.1, 0.15) is 35.8 Å². The average Bonchev–Trinajstić information content (AvgIpc) is 2.99. The molecule has 23 heavy (non-hydrogen) atoms. The molecule has 1 aromatic heterocycles. The number of nitrogens with zero attached hydrogens (tertiary/aromatic N) is 3. The van der Waals surface area contributed by atoms with Gasteiger partial charge >= 0.3 is 0 Å². The Balaban J connectivity index is 0.00000192. The largest absolute Gasteiger partial charge is 0.346 e. The molecule has 7 heteroatoms. The predicted octanol–water partition coefficient (Wildman–Crippen LogP) is 1.62. The van der Waals surface area contributed by atoms with Gasteiger partial charge in [0.05, 0.1) is 12.7 Å². The molecule has 1 fully saturated rings. The molecule has 6 nitrogen and oxygen atoms in total. The molecule has 0 spiro atoms. The van der Waals surface area contributed by atoms with Gasteiger partial charge in [-0.3, -0.25) is 4.79 Å². The molecule has 3 rings (SSSR count). The Morgan fingerprint density at radius 3 is 2.91 bits per heavy atom. The molecule has 1 aromatic carbocycles. The maximum atomic E-state index is 12.3. The molecule has 0 saturated carbocycles. The molecule has 0 radical (unpaired) electrons. The number of halogens is 1. The fraction of sp³-hybridized carbons (Fsp3) is 0.438. The second-order valence-corrected chi connectivity index (χ2v) is 5.75. The Morgan fingerprint density at radius 2 is 2.17 bits per heavy atom. The highest BCUT2D eigenvalue weighted by molar-refractivity contribution is 5.92. The standard InChI is InChI=1S/C16H21N5O.ClH/c1-12-14(8-5-9-17-12)18-16(22)15-11-21(20-19-15)10-13-6-3-2-4-7-13;/h2-4,6-7,11-12,14,17H,5,8-10H2,1H3,(H,18,22);1H. The van der Waals surface area contributed by atoms with Crippen LogP contribution in [0.15, 0.2) is 36.5 Å². The zero-order valence-electron chi connectivity index (χ0n) is 13.1. The molecule has 1 aliphatic rings. The van der Waals surface area contributed by atoms with Crippen molar-refractivity contribution in [2.45, 2.75) is 38.4 Å². The lowest BCUT2D eigenvalue weighted by atomic mass is 10.00. The molecule has 0 aliphatic carbocycles. The molecule has 2 heterocycles. The van der Waals surface area contributed by atoms with Crippen molar-refractivity contribution < 1.29 is 4.79 Å². The van der Waals surface area contributed by atoms with E-state index in [4.69, 9.17) is 0 Å². The number of hydrogen-bond acceptors (Lipinski definition) is 4. The second kappa shape index (κ2) is 8.08. The average molecular weight is 336 g/mol. The Bertz CT molecular complexity index is 630. The van der Waals surface area contributed by atoms with Gasteiger partial charge in [0.25, 0.3) is 5.91 Å². The van der Waals surface area contributed by atoms with Gasteiger partial charge in [0.1, 0.15) is 0 Å². The molecule has 2 aromatic rings. The number of nitrogens with one attached hydrogen (secondary N) is 2. The molecule has 0 bridgehead atoms. The van der Waals surface area contributed by atoms with Crippen LogP contribution in [0.5, 0.6) is 0 Å². The topological polar surface area (TPSA) is 71.8 Å². The molecular formula is C16H22ClN5O. The van der Waals surface area contributed by atoms with Gasteiger partial charge in [0, 0.05) is 12.1 Å². The Morgan fingerprint density at radius 1 is 1.39 bits per heavy atom. The summed E-state index contributed by atoms with van der Waals surface area (Å²) in [5.74, 6) is -0.153. The third-order valence-electron chi connectivity index (χ3n) is 4.04. The SMILES string of the molecule is CC1NCCCC1NC(=O)c1cn(Cc2ccccc2)nn1.Cl. The maximum Gasteiger partial charge on any atom is 0.273 e. The third-order valence-corrected chi connectivity index (χ3v) is 4.04. The van der Waals surface area contributed by atoms with E-state index in [1.54, 1.807) is 10.9 Å². The van der Waals surface area contributed by atoms with Gasteiger partial charge in [-0.15, -0.1) is 17.5 Å². The molecule has 2 atom stereocenters. The lowest BCUT2D eigenvalue weighted by Gasteiger charge is -2.30. The number of amides is 1. The fourth-order valence-electron chi connectivity index (χ4n) is 2.73. The van der Waals surface area contributed by atoms with Crippen LogP contribution in [-0.4, -0.2) is 39.5 Å². The molecule has 124 valence electrons. The summed E-state index contributed by atoms with van der Waals surface area (Å²) in [4.78, 5) is 12.3. The quantitative estimate of drug-likeness (QED) is 0.890. The third kappa shape index (κ3) is 4.53. The van der Waals surface area contributed by atoms with Gasteiger partial charge in [-0.2, -0.15) is 0 Å². The second-order valence-electron chi connectivity index (χ2n) is 5.75. The Hall–Kier alpha value is -1.92. The summed E-state index contributed by atoms with van der Waals surface area (Å²) < 4.78 is 1.69. The first-order valence-corrected chi connectivity index (χ1v) is 7.70. The van der Waals surface area contributed by atoms with Crippen LogP contribution in [0.4, 0.5) is 0 Å². The highest BCUT2D eigenvalue weighted by Gasteiger charge is 2.23. The van der Waals surface area contributed by atoms with Crippen molar-refractivity contribution >= 4 is 18.3 Å². The fourth-order valence-corrected chi connectivity index (χ4v) is 2.73. The summed E-state index contributed by atoms with van der Waals surface area (Å²) in [5.41, 5.74) is 1.50. The van der Waals surface area contributed by atoms with E-state index in [9.17, 15) is 4.79 Å². The zero-order chi connectivity index (χ0) is 15.4. The number of carbonyl (C=O) groups is 1. The first-order valence-electron chi connectivity index (χ1n) is 7.70. The van der Waals surface area contributed by atoms with Crippen molar-refractivity contribution in [3.8, 4) is 0 Å². The number of rotatable bonds is 4. The molecule has 2 unspecified atom stereocenters. The van der Waals surface area contributed by atoms with Crippen LogP contribution >= 0.6 is 12.4 Å². The van der Waals surface area contributed by atoms with E-state index < -0.39 is 0 Å². The van der Waals surface area contributed by atoms with Gasteiger partial charge in [-0.25, -0.2) is 4.68 Å². The monoisotopic (exact) mass is 335 g/mol. The van der Waals surface area contributed by atoms with Crippen molar-refractivity contribution in [2.75, 3.05) is 6.54 Å². The van der Waals surface area contributed by atoms with Crippen LogP contribution < -0.4 is 10.6 Å². The van der Waals surface area contributed by atoms with Crippen LogP contribution in [0.3, 0.4) is 0 Å². The minimum absolute atomic E-state index is 0. The van der Waals surface area contributed by atoms with Crippen molar-refractivity contribution in [3.63, 3.8) is 0 Å². The summed E-state index contributed by atoms with van der Waals surface area (Å²) in [6, 6.07) is 10.4. The number of benzene rings is 1. The van der Waals surface area contributed by atoms with E-state index >= 15 is 0 Å². The lowest BCUT2D eigenvalue weighted by Crippen LogP contribution is -2.51. The molecule has 2 N–H and O–H groups in total. The van der Waals surface area contributed by atoms with Crippen molar-refractivity contribution in [1.29, 1.82) is 0 Å². The molecular weight excluding hydrogens is 314 g/mol. The van der Waals surface area contributed by atoms with E-state index in [-0.39, 0.29) is 30.4 Å². The number of hydrogen-bond donors (Lipinski definition) is 2. The maximum absolute atomic E-state index is 12.3. The van der Waals surface area contributed by atoms with Gasteiger partial charge in [-0.05, 0) is 31.9 Å². The molecule has 1 saturated heterocycles. The van der Waals surface area contributed by atoms with Gasteiger partial charge < -0.3 is 10.6 Å². The van der Waals surface area contributed by atoms with E-state index in [1.165, 1.54) is 0 Å². The Labute approximate surface area is 142 Å². The van der Waals surface area contributed by atoms with Crippen molar-refractivity contribution in [3.05, 3.63) is 47.8 Å². The van der Waals surface area contributed by atoms with Crippen LogP contribution in [0.2, 0.25) is 0 Å². The normalized spacial score (nSPS) is 20.6. The lowest BCUT2D eigenvalue weighted by molar-refractivity contribution is 0.0914. The summed E-state index contributed by atoms with van der Waals surface area (Å²) in [7, 11) is 0.